The maximum absolute atomic E-state index is 9.17. The van der Waals surface area contributed by atoms with E-state index in [0.717, 1.165) is 41.9 Å². The molecule has 2 bridgehead atoms. The molecule has 0 heterocycles. The van der Waals surface area contributed by atoms with Gasteiger partial charge in [-0.1, -0.05) is 6.42 Å². The molecule has 3 aliphatic carbocycles. The zero-order valence-electron chi connectivity index (χ0n) is 11.5. The maximum atomic E-state index is 9.17. The average Bonchev–Trinajstić information content (AvgIpc) is 3.00. The van der Waals surface area contributed by atoms with Crippen molar-refractivity contribution < 1.29 is 5.11 Å². The molecule has 3 saturated carbocycles. The summed E-state index contributed by atoms with van der Waals surface area (Å²) in [5.74, 6) is 5.27. The lowest BCUT2D eigenvalue weighted by Gasteiger charge is -2.34. The lowest BCUT2D eigenvalue weighted by Crippen LogP contribution is -2.46. The third-order valence-electron chi connectivity index (χ3n) is 5.72. The van der Waals surface area contributed by atoms with Crippen LogP contribution in [-0.4, -0.2) is 35.8 Å². The van der Waals surface area contributed by atoms with E-state index in [4.69, 9.17) is 0 Å². The Labute approximate surface area is 115 Å². The van der Waals surface area contributed by atoms with E-state index in [0.29, 0.717) is 12.6 Å². The Morgan fingerprint density at radius 1 is 1.22 bits per heavy atom. The van der Waals surface area contributed by atoms with E-state index < -0.39 is 0 Å². The van der Waals surface area contributed by atoms with Gasteiger partial charge in [0, 0.05) is 24.4 Å². The van der Waals surface area contributed by atoms with E-state index in [1.54, 1.807) is 0 Å². The van der Waals surface area contributed by atoms with Gasteiger partial charge in [-0.05, 0) is 62.0 Å². The van der Waals surface area contributed by atoms with Crippen LogP contribution in [0.1, 0.15) is 38.5 Å². The summed E-state index contributed by atoms with van der Waals surface area (Å²) in [4.78, 5) is 0. The molecule has 3 fully saturated rings. The van der Waals surface area contributed by atoms with Crippen LogP contribution in [0.3, 0.4) is 0 Å². The number of aliphatic hydroxyl groups is 1. The molecule has 0 amide bonds. The highest BCUT2D eigenvalue weighted by Crippen LogP contribution is 2.58. The van der Waals surface area contributed by atoms with Crippen LogP contribution in [0.25, 0.3) is 0 Å². The number of thioether (sulfide) groups is 1. The van der Waals surface area contributed by atoms with Gasteiger partial charge in [0.25, 0.3) is 0 Å². The summed E-state index contributed by atoms with van der Waals surface area (Å²) >= 11 is 1.90. The standard InChI is InChI=1S/C15H27NOS/c1-18-9-11(5-6-17)16-15-8-10-7-14(15)13-4-2-3-12(10)13/h10-17H,2-9H2,1H3. The van der Waals surface area contributed by atoms with Crippen LogP contribution < -0.4 is 5.32 Å². The lowest BCUT2D eigenvalue weighted by molar-refractivity contribution is 0.190. The predicted molar refractivity (Wildman–Crippen MR) is 77.8 cm³/mol. The summed E-state index contributed by atoms with van der Waals surface area (Å²) in [6.07, 6.45) is 10.5. The van der Waals surface area contributed by atoms with Crippen molar-refractivity contribution in [3.8, 4) is 0 Å². The fraction of sp³-hybridized carbons (Fsp3) is 1.00. The van der Waals surface area contributed by atoms with Crippen LogP contribution in [0.5, 0.6) is 0 Å². The summed E-state index contributed by atoms with van der Waals surface area (Å²) in [6.45, 7) is 0.324. The second kappa shape index (κ2) is 5.72. The van der Waals surface area contributed by atoms with E-state index in [-0.39, 0.29) is 0 Å². The van der Waals surface area contributed by atoms with E-state index in [9.17, 15) is 5.11 Å². The first-order chi connectivity index (χ1) is 8.83. The SMILES string of the molecule is CSCC(CCO)NC1CC2CC1C1CCCC21. The molecule has 0 aromatic heterocycles. The van der Waals surface area contributed by atoms with Gasteiger partial charge in [0.2, 0.25) is 0 Å². The molecule has 2 nitrogen and oxygen atoms in total. The zero-order chi connectivity index (χ0) is 12.5. The molecule has 6 atom stereocenters. The molecule has 0 spiro atoms. The van der Waals surface area contributed by atoms with E-state index in [1.165, 1.54) is 32.1 Å². The maximum Gasteiger partial charge on any atom is 0.0446 e. The minimum Gasteiger partial charge on any atom is -0.396 e. The van der Waals surface area contributed by atoms with E-state index >= 15 is 0 Å². The van der Waals surface area contributed by atoms with Crippen LogP contribution in [0.2, 0.25) is 0 Å². The van der Waals surface area contributed by atoms with Crippen molar-refractivity contribution in [3.63, 3.8) is 0 Å². The monoisotopic (exact) mass is 269 g/mol. The normalized spacial score (nSPS) is 43.3. The molecular formula is C15H27NOS. The topological polar surface area (TPSA) is 32.3 Å². The Morgan fingerprint density at radius 3 is 2.83 bits per heavy atom. The van der Waals surface area contributed by atoms with Gasteiger partial charge in [0.15, 0.2) is 0 Å². The molecule has 6 unspecified atom stereocenters. The smallest absolute Gasteiger partial charge is 0.0446 e. The first-order valence-corrected chi connectivity index (χ1v) is 9.08. The Hall–Kier alpha value is 0.270. The fourth-order valence-electron chi connectivity index (χ4n) is 5.13. The minimum atomic E-state index is 0.324. The van der Waals surface area contributed by atoms with Gasteiger partial charge in [0.1, 0.15) is 0 Å². The summed E-state index contributed by atoms with van der Waals surface area (Å²) in [5.41, 5.74) is 0. The fourth-order valence-corrected chi connectivity index (χ4v) is 5.80. The Morgan fingerprint density at radius 2 is 2.06 bits per heavy atom. The highest BCUT2D eigenvalue weighted by molar-refractivity contribution is 7.98. The first-order valence-electron chi connectivity index (χ1n) is 7.69. The Kier molecular flexibility index (Phi) is 4.21. The highest BCUT2D eigenvalue weighted by Gasteiger charge is 2.53. The molecule has 3 rings (SSSR count). The Bertz CT molecular complexity index is 280. The number of aliphatic hydroxyl groups excluding tert-OH is 1. The molecule has 104 valence electrons. The van der Waals surface area contributed by atoms with Crippen molar-refractivity contribution in [3.05, 3.63) is 0 Å². The number of hydrogen-bond donors (Lipinski definition) is 2. The molecule has 18 heavy (non-hydrogen) atoms. The van der Waals surface area contributed by atoms with Gasteiger partial charge < -0.3 is 10.4 Å². The molecule has 2 N–H and O–H groups in total. The summed E-state index contributed by atoms with van der Waals surface area (Å²) in [5, 5.41) is 13.1. The average molecular weight is 269 g/mol. The molecule has 0 aromatic rings. The van der Waals surface area contributed by atoms with Crippen LogP contribution in [0.15, 0.2) is 0 Å². The van der Waals surface area contributed by atoms with Crippen LogP contribution in [0.4, 0.5) is 0 Å². The van der Waals surface area contributed by atoms with Crippen molar-refractivity contribution in [2.24, 2.45) is 23.7 Å². The van der Waals surface area contributed by atoms with Crippen molar-refractivity contribution in [1.82, 2.24) is 5.32 Å². The quantitative estimate of drug-likeness (QED) is 0.777. The highest BCUT2D eigenvalue weighted by atomic mass is 32.2. The largest absolute Gasteiger partial charge is 0.396 e. The second-order valence-corrected chi connectivity index (χ2v) is 7.50. The molecule has 0 radical (unpaired) electrons. The lowest BCUT2D eigenvalue weighted by atomic mass is 9.79. The number of hydrogen-bond acceptors (Lipinski definition) is 3. The summed E-state index contributed by atoms with van der Waals surface area (Å²) in [6, 6.07) is 1.28. The van der Waals surface area contributed by atoms with Gasteiger partial charge >= 0.3 is 0 Å². The molecule has 0 aromatic carbocycles. The van der Waals surface area contributed by atoms with E-state index in [1.807, 2.05) is 11.8 Å². The number of nitrogens with one attached hydrogen (secondary N) is 1. The summed E-state index contributed by atoms with van der Waals surface area (Å²) in [7, 11) is 0. The van der Waals surface area contributed by atoms with Crippen molar-refractivity contribution in [2.45, 2.75) is 50.6 Å². The third kappa shape index (κ3) is 2.34. The van der Waals surface area contributed by atoms with Gasteiger partial charge in [-0.3, -0.25) is 0 Å². The Balaban J connectivity index is 1.58. The van der Waals surface area contributed by atoms with Crippen molar-refractivity contribution in [1.29, 1.82) is 0 Å². The minimum absolute atomic E-state index is 0.324. The van der Waals surface area contributed by atoms with E-state index in [2.05, 4.69) is 11.6 Å². The predicted octanol–water partition coefficient (Wildman–Crippen LogP) is 2.51. The van der Waals surface area contributed by atoms with Crippen molar-refractivity contribution >= 4 is 11.8 Å². The third-order valence-corrected chi connectivity index (χ3v) is 6.46. The van der Waals surface area contributed by atoms with Gasteiger partial charge in [-0.25, -0.2) is 0 Å². The van der Waals surface area contributed by atoms with Crippen LogP contribution >= 0.6 is 11.8 Å². The van der Waals surface area contributed by atoms with Crippen LogP contribution in [0, 0.1) is 23.7 Å². The first kappa shape index (κ1) is 13.3. The summed E-state index contributed by atoms with van der Waals surface area (Å²) < 4.78 is 0. The molecular weight excluding hydrogens is 242 g/mol. The van der Waals surface area contributed by atoms with Crippen molar-refractivity contribution in [2.75, 3.05) is 18.6 Å². The molecule has 3 heteroatoms. The van der Waals surface area contributed by atoms with Gasteiger partial charge in [-0.15, -0.1) is 0 Å². The van der Waals surface area contributed by atoms with Gasteiger partial charge in [-0.2, -0.15) is 11.8 Å². The molecule has 0 saturated heterocycles. The molecule has 0 aliphatic heterocycles. The van der Waals surface area contributed by atoms with Crippen LogP contribution in [-0.2, 0) is 0 Å². The molecule has 3 aliphatic rings. The zero-order valence-corrected chi connectivity index (χ0v) is 12.3. The van der Waals surface area contributed by atoms with Gasteiger partial charge in [0.05, 0.1) is 0 Å². The number of fused-ring (bicyclic) bond motifs is 5. The number of rotatable bonds is 6. The second-order valence-electron chi connectivity index (χ2n) is 6.59.